The van der Waals surface area contributed by atoms with Gasteiger partial charge >= 0.3 is 0 Å². The number of nitrogens with one attached hydrogen (secondary N) is 2. The Morgan fingerprint density at radius 1 is 0.962 bits per heavy atom. The molecule has 2 heterocycles. The third-order valence-electron chi connectivity index (χ3n) is 3.71. The molecule has 3 aromatic rings. The van der Waals surface area contributed by atoms with Crippen LogP contribution in [0.1, 0.15) is 33.5 Å². The van der Waals surface area contributed by atoms with Gasteiger partial charge in [-0.1, -0.05) is 18.2 Å². The second kappa shape index (κ2) is 8.02. The van der Waals surface area contributed by atoms with E-state index < -0.39 is 0 Å². The molecule has 0 aliphatic carbocycles. The quantitative estimate of drug-likeness (QED) is 0.669. The highest BCUT2D eigenvalue weighted by Crippen LogP contribution is 2.17. The van der Waals surface area contributed by atoms with E-state index in [1.165, 1.54) is 6.92 Å². The first-order chi connectivity index (χ1) is 12.6. The van der Waals surface area contributed by atoms with Crippen LogP contribution in [0.5, 0.6) is 0 Å². The van der Waals surface area contributed by atoms with Crippen LogP contribution in [0.2, 0.25) is 0 Å². The second-order valence-electron chi connectivity index (χ2n) is 5.70. The zero-order valence-electron chi connectivity index (χ0n) is 14.3. The Balaban J connectivity index is 1.62. The number of rotatable bonds is 6. The molecule has 2 aromatic heterocycles. The van der Waals surface area contributed by atoms with Gasteiger partial charge in [0.1, 0.15) is 5.69 Å². The van der Waals surface area contributed by atoms with E-state index in [1.54, 1.807) is 36.7 Å². The van der Waals surface area contributed by atoms with Gasteiger partial charge in [-0.05, 0) is 43.3 Å². The fourth-order valence-corrected chi connectivity index (χ4v) is 2.35. The number of ketones is 1. The summed E-state index contributed by atoms with van der Waals surface area (Å²) >= 11 is 0. The predicted molar refractivity (Wildman–Crippen MR) is 99.4 cm³/mol. The Morgan fingerprint density at radius 3 is 2.54 bits per heavy atom. The van der Waals surface area contributed by atoms with Gasteiger partial charge < -0.3 is 10.6 Å². The van der Waals surface area contributed by atoms with E-state index in [9.17, 15) is 9.59 Å². The van der Waals surface area contributed by atoms with Gasteiger partial charge in [0.15, 0.2) is 5.78 Å². The molecule has 2 N–H and O–H groups in total. The van der Waals surface area contributed by atoms with Gasteiger partial charge in [-0.2, -0.15) is 0 Å². The van der Waals surface area contributed by atoms with Crippen molar-refractivity contribution in [3.8, 4) is 0 Å². The maximum Gasteiger partial charge on any atom is 0.270 e. The van der Waals surface area contributed by atoms with Crippen LogP contribution in [-0.4, -0.2) is 21.7 Å². The summed E-state index contributed by atoms with van der Waals surface area (Å²) in [5.74, 6) is -0.257. The van der Waals surface area contributed by atoms with Crippen molar-refractivity contribution in [1.29, 1.82) is 0 Å². The Hall–Kier alpha value is -3.54. The lowest BCUT2D eigenvalue weighted by molar-refractivity contribution is 0.0944. The normalized spacial score (nSPS) is 10.2. The molecule has 0 unspecified atom stereocenters. The van der Waals surface area contributed by atoms with Crippen molar-refractivity contribution in [3.05, 3.63) is 83.9 Å². The summed E-state index contributed by atoms with van der Waals surface area (Å²) in [6, 6.07) is 16.2. The molecule has 6 nitrogen and oxygen atoms in total. The number of amides is 1. The standard InChI is InChI=1S/C20H18N4O2/c1-14(25)15-5-4-7-16(11-15)24-18-8-9-19(22-13-18)20(26)23-12-17-6-2-3-10-21-17/h2-11,13,24H,12H2,1H3,(H,23,26). The van der Waals surface area contributed by atoms with Crippen molar-refractivity contribution in [3.63, 3.8) is 0 Å². The minimum absolute atomic E-state index is 0.00620. The lowest BCUT2D eigenvalue weighted by atomic mass is 10.1. The minimum atomic E-state index is -0.263. The summed E-state index contributed by atoms with van der Waals surface area (Å²) < 4.78 is 0. The van der Waals surface area contributed by atoms with Gasteiger partial charge in [0.2, 0.25) is 0 Å². The molecule has 1 aromatic carbocycles. The monoisotopic (exact) mass is 346 g/mol. The number of aromatic nitrogens is 2. The van der Waals surface area contributed by atoms with Crippen molar-refractivity contribution in [2.75, 3.05) is 5.32 Å². The van der Waals surface area contributed by atoms with E-state index in [1.807, 2.05) is 30.3 Å². The van der Waals surface area contributed by atoms with E-state index >= 15 is 0 Å². The van der Waals surface area contributed by atoms with Crippen LogP contribution in [-0.2, 0) is 6.54 Å². The fraction of sp³-hybridized carbons (Fsp3) is 0.100. The average Bonchev–Trinajstić information content (AvgIpc) is 2.68. The van der Waals surface area contributed by atoms with Crippen LogP contribution < -0.4 is 10.6 Å². The first kappa shape index (κ1) is 17.3. The molecule has 26 heavy (non-hydrogen) atoms. The third-order valence-corrected chi connectivity index (χ3v) is 3.71. The number of anilines is 2. The largest absolute Gasteiger partial charge is 0.354 e. The molecule has 130 valence electrons. The zero-order chi connectivity index (χ0) is 18.4. The first-order valence-electron chi connectivity index (χ1n) is 8.14. The Labute approximate surface area is 151 Å². The van der Waals surface area contributed by atoms with Gasteiger partial charge in [0, 0.05) is 17.4 Å². The first-order valence-corrected chi connectivity index (χ1v) is 8.14. The van der Waals surface area contributed by atoms with E-state index in [-0.39, 0.29) is 11.7 Å². The number of Topliss-reactive ketones (excluding diaryl/α,β-unsaturated/α-hetero) is 1. The van der Waals surface area contributed by atoms with Crippen molar-refractivity contribution >= 4 is 23.1 Å². The van der Waals surface area contributed by atoms with Crippen LogP contribution in [0, 0.1) is 0 Å². The number of carbonyl (C=O) groups excluding carboxylic acids is 2. The fourth-order valence-electron chi connectivity index (χ4n) is 2.35. The highest BCUT2D eigenvalue weighted by molar-refractivity contribution is 5.95. The number of hydrogen-bond acceptors (Lipinski definition) is 5. The number of hydrogen-bond donors (Lipinski definition) is 2. The maximum atomic E-state index is 12.1. The number of nitrogens with zero attached hydrogens (tertiary/aromatic N) is 2. The second-order valence-corrected chi connectivity index (χ2v) is 5.70. The van der Waals surface area contributed by atoms with Gasteiger partial charge in [-0.15, -0.1) is 0 Å². The molecule has 0 radical (unpaired) electrons. The minimum Gasteiger partial charge on any atom is -0.354 e. The SMILES string of the molecule is CC(=O)c1cccc(Nc2ccc(C(=O)NCc3ccccn3)nc2)c1. The molecule has 6 heteroatoms. The molecule has 0 atom stereocenters. The molecule has 0 saturated heterocycles. The average molecular weight is 346 g/mol. The Kier molecular flexibility index (Phi) is 5.34. The van der Waals surface area contributed by atoms with Gasteiger partial charge in [-0.25, -0.2) is 4.98 Å². The van der Waals surface area contributed by atoms with Crippen molar-refractivity contribution in [2.45, 2.75) is 13.5 Å². The van der Waals surface area contributed by atoms with Crippen LogP contribution in [0.3, 0.4) is 0 Å². The highest BCUT2D eigenvalue weighted by Gasteiger charge is 2.07. The molecule has 0 aliphatic heterocycles. The summed E-state index contributed by atoms with van der Waals surface area (Å²) in [4.78, 5) is 31.9. The molecule has 1 amide bonds. The predicted octanol–water partition coefficient (Wildman–Crippen LogP) is 3.35. The van der Waals surface area contributed by atoms with Crippen LogP contribution >= 0.6 is 0 Å². The summed E-state index contributed by atoms with van der Waals surface area (Å²) in [6.45, 7) is 1.87. The van der Waals surface area contributed by atoms with E-state index in [0.29, 0.717) is 17.8 Å². The molecule has 0 saturated carbocycles. The number of benzene rings is 1. The highest BCUT2D eigenvalue weighted by atomic mass is 16.1. The third kappa shape index (κ3) is 4.51. The molecule has 0 spiro atoms. The van der Waals surface area contributed by atoms with Crippen LogP contribution in [0.15, 0.2) is 67.0 Å². The topological polar surface area (TPSA) is 84.0 Å². The number of carbonyl (C=O) groups is 2. The van der Waals surface area contributed by atoms with Crippen LogP contribution in [0.4, 0.5) is 11.4 Å². The molecular formula is C20H18N4O2. The van der Waals surface area contributed by atoms with E-state index in [4.69, 9.17) is 0 Å². The molecule has 0 aliphatic rings. The van der Waals surface area contributed by atoms with Crippen molar-refractivity contribution in [2.24, 2.45) is 0 Å². The summed E-state index contributed by atoms with van der Waals surface area (Å²) in [6.07, 6.45) is 3.26. The summed E-state index contributed by atoms with van der Waals surface area (Å²) in [5, 5.41) is 5.95. The lowest BCUT2D eigenvalue weighted by Crippen LogP contribution is -2.24. The summed E-state index contributed by atoms with van der Waals surface area (Å²) in [5.41, 5.74) is 3.25. The zero-order valence-corrected chi connectivity index (χ0v) is 14.3. The van der Waals surface area contributed by atoms with Gasteiger partial charge in [0.05, 0.1) is 24.1 Å². The lowest BCUT2D eigenvalue weighted by Gasteiger charge is -2.08. The number of pyridine rings is 2. The Morgan fingerprint density at radius 2 is 1.85 bits per heavy atom. The van der Waals surface area contributed by atoms with Crippen molar-refractivity contribution in [1.82, 2.24) is 15.3 Å². The van der Waals surface area contributed by atoms with E-state index in [2.05, 4.69) is 20.6 Å². The smallest absolute Gasteiger partial charge is 0.270 e. The Bertz CT molecular complexity index is 909. The maximum absolute atomic E-state index is 12.1. The van der Waals surface area contributed by atoms with Gasteiger partial charge in [-0.3, -0.25) is 14.6 Å². The molecule has 0 fully saturated rings. The molecular weight excluding hydrogens is 328 g/mol. The van der Waals surface area contributed by atoms with Crippen LogP contribution in [0.25, 0.3) is 0 Å². The van der Waals surface area contributed by atoms with Crippen molar-refractivity contribution < 1.29 is 9.59 Å². The molecule has 3 rings (SSSR count). The molecule has 0 bridgehead atoms. The van der Waals surface area contributed by atoms with Gasteiger partial charge in [0.25, 0.3) is 5.91 Å². The van der Waals surface area contributed by atoms with E-state index in [0.717, 1.165) is 17.1 Å². The summed E-state index contributed by atoms with van der Waals surface area (Å²) in [7, 11) is 0.